The molecule has 0 saturated carbocycles. The number of anilines is 1. The van der Waals surface area contributed by atoms with Gasteiger partial charge in [-0.3, -0.25) is 0 Å². The highest BCUT2D eigenvalue weighted by atomic mass is 19.4. The lowest BCUT2D eigenvalue weighted by Gasteiger charge is -2.06. The number of hydrogen-bond acceptors (Lipinski definition) is 4. The van der Waals surface area contributed by atoms with E-state index in [0.717, 1.165) is 13.2 Å². The smallest absolute Gasteiger partial charge is 0.464 e. The third kappa shape index (κ3) is 1.78. The van der Waals surface area contributed by atoms with Crippen LogP contribution in [0.1, 0.15) is 10.5 Å². The third-order valence-corrected chi connectivity index (χ3v) is 1.37. The van der Waals surface area contributed by atoms with E-state index in [9.17, 15) is 18.0 Å². The van der Waals surface area contributed by atoms with Gasteiger partial charge in [-0.25, -0.2) is 4.79 Å². The highest BCUT2D eigenvalue weighted by Gasteiger charge is 2.35. The lowest BCUT2D eigenvalue weighted by molar-refractivity contribution is -0.210. The molecule has 0 unspecified atom stereocenters. The molecule has 8 heteroatoms. The Morgan fingerprint density at radius 1 is 1.64 bits per heavy atom. The van der Waals surface area contributed by atoms with Gasteiger partial charge in [0.25, 0.3) is 0 Å². The fourth-order valence-corrected chi connectivity index (χ4v) is 0.803. The van der Waals surface area contributed by atoms with Gasteiger partial charge < -0.3 is 10.5 Å². The maximum absolute atomic E-state index is 12.1. The van der Waals surface area contributed by atoms with E-state index in [1.165, 1.54) is 0 Å². The minimum Gasteiger partial charge on any atom is -0.464 e. The highest BCUT2D eigenvalue weighted by molar-refractivity contribution is 5.87. The molecule has 0 saturated heterocycles. The summed E-state index contributed by atoms with van der Waals surface area (Å²) in [6.45, 7) is 0. The number of methoxy groups -OCH3 is 1. The van der Waals surface area contributed by atoms with Crippen LogP contribution in [0.25, 0.3) is 0 Å². The van der Waals surface area contributed by atoms with Gasteiger partial charge in [-0.2, -0.15) is 9.78 Å². The van der Waals surface area contributed by atoms with Crippen LogP contribution >= 0.6 is 0 Å². The molecule has 1 aromatic rings. The molecule has 78 valence electrons. The molecule has 5 nitrogen and oxygen atoms in total. The minimum absolute atomic E-state index is 0.404. The third-order valence-electron chi connectivity index (χ3n) is 1.37. The van der Waals surface area contributed by atoms with Crippen molar-refractivity contribution in [3.05, 3.63) is 11.8 Å². The summed E-state index contributed by atoms with van der Waals surface area (Å²) in [5.74, 6) is -1.64. The SMILES string of the molecule is COC(=O)c1cc(N)n(C(F)(F)F)n1. The molecule has 1 aromatic heterocycles. The molecule has 0 spiro atoms. The number of carbonyl (C=O) groups excluding carboxylic acids is 1. The second-order valence-corrected chi connectivity index (χ2v) is 2.33. The quantitative estimate of drug-likeness (QED) is 0.692. The van der Waals surface area contributed by atoms with Crippen LogP contribution in [-0.2, 0) is 11.0 Å². The van der Waals surface area contributed by atoms with Gasteiger partial charge in [0, 0.05) is 6.07 Å². The maximum atomic E-state index is 12.1. The zero-order valence-electron chi connectivity index (χ0n) is 7.00. The molecule has 0 aromatic carbocycles. The van der Waals surface area contributed by atoms with E-state index in [1.807, 2.05) is 0 Å². The second kappa shape index (κ2) is 3.20. The number of nitrogen functional groups attached to an aromatic ring is 1. The van der Waals surface area contributed by atoms with Crippen LogP contribution in [0.2, 0.25) is 0 Å². The number of rotatable bonds is 1. The average Bonchev–Trinajstić information content (AvgIpc) is 2.45. The highest BCUT2D eigenvalue weighted by Crippen LogP contribution is 2.25. The van der Waals surface area contributed by atoms with Crippen molar-refractivity contribution in [1.29, 1.82) is 0 Å². The number of carbonyl (C=O) groups is 1. The van der Waals surface area contributed by atoms with Gasteiger partial charge in [0.05, 0.1) is 7.11 Å². The topological polar surface area (TPSA) is 70.1 Å². The predicted molar refractivity (Wildman–Crippen MR) is 39.3 cm³/mol. The molecule has 14 heavy (non-hydrogen) atoms. The Balaban J connectivity index is 3.12. The van der Waals surface area contributed by atoms with Gasteiger partial charge in [-0.15, -0.1) is 13.2 Å². The fourth-order valence-electron chi connectivity index (χ4n) is 0.803. The first-order valence-electron chi connectivity index (χ1n) is 3.37. The van der Waals surface area contributed by atoms with Crippen molar-refractivity contribution >= 4 is 11.8 Å². The van der Waals surface area contributed by atoms with Crippen LogP contribution < -0.4 is 5.73 Å². The number of nitrogens with two attached hydrogens (primary N) is 1. The number of aromatic nitrogens is 2. The Kier molecular flexibility index (Phi) is 2.37. The van der Waals surface area contributed by atoms with Crippen molar-refractivity contribution in [2.45, 2.75) is 6.30 Å². The van der Waals surface area contributed by atoms with Gasteiger partial charge >= 0.3 is 12.3 Å². The first-order valence-corrected chi connectivity index (χ1v) is 3.37. The molecule has 1 rings (SSSR count). The molecule has 0 fully saturated rings. The number of esters is 1. The Labute approximate surface area is 76.2 Å². The summed E-state index contributed by atoms with van der Waals surface area (Å²) in [6, 6.07) is 0.791. The van der Waals surface area contributed by atoms with E-state index in [1.54, 1.807) is 0 Å². The van der Waals surface area contributed by atoms with Gasteiger partial charge in [0.2, 0.25) is 0 Å². The number of nitrogens with zero attached hydrogens (tertiary/aromatic N) is 2. The first-order chi connectivity index (χ1) is 6.36. The van der Waals surface area contributed by atoms with E-state index in [2.05, 4.69) is 9.84 Å². The first kappa shape index (κ1) is 10.4. The molecule has 0 aliphatic carbocycles. The number of alkyl halides is 3. The monoisotopic (exact) mass is 209 g/mol. The van der Waals surface area contributed by atoms with Crippen LogP contribution in [0, 0.1) is 0 Å². The number of ether oxygens (including phenoxy) is 1. The van der Waals surface area contributed by atoms with Crippen LogP contribution in [0.4, 0.5) is 19.0 Å². The van der Waals surface area contributed by atoms with Gasteiger partial charge in [0.15, 0.2) is 5.69 Å². The standard InChI is InChI=1S/C6H6F3N3O2/c1-14-5(13)3-2-4(10)12(11-3)6(7,8)9/h2H,10H2,1H3. The van der Waals surface area contributed by atoms with Gasteiger partial charge in [-0.05, 0) is 0 Å². The Bertz CT molecular complexity index is 358. The van der Waals surface area contributed by atoms with E-state index < -0.39 is 28.5 Å². The normalized spacial score (nSPS) is 11.4. The van der Waals surface area contributed by atoms with E-state index in [0.29, 0.717) is 0 Å². The van der Waals surface area contributed by atoms with Crippen molar-refractivity contribution in [3.8, 4) is 0 Å². The summed E-state index contributed by atoms with van der Waals surface area (Å²) in [4.78, 5) is 10.8. The van der Waals surface area contributed by atoms with Crippen LogP contribution in [0.15, 0.2) is 6.07 Å². The van der Waals surface area contributed by atoms with E-state index >= 15 is 0 Å². The van der Waals surface area contributed by atoms with Crippen LogP contribution in [0.5, 0.6) is 0 Å². The van der Waals surface area contributed by atoms with Crippen molar-refractivity contribution in [2.24, 2.45) is 0 Å². The predicted octanol–water partition coefficient (Wildman–Crippen LogP) is 0.728. The molecule has 0 radical (unpaired) electrons. The van der Waals surface area contributed by atoms with E-state index in [4.69, 9.17) is 5.73 Å². The van der Waals surface area contributed by atoms with Crippen molar-refractivity contribution in [3.63, 3.8) is 0 Å². The molecule has 0 atom stereocenters. The molecule has 1 heterocycles. The average molecular weight is 209 g/mol. The zero-order chi connectivity index (χ0) is 10.9. The number of halogens is 3. The number of hydrogen-bond donors (Lipinski definition) is 1. The van der Waals surface area contributed by atoms with Crippen molar-refractivity contribution < 1.29 is 22.7 Å². The van der Waals surface area contributed by atoms with Gasteiger partial charge in [-0.1, -0.05) is 0 Å². The molecule has 0 bridgehead atoms. The fraction of sp³-hybridized carbons (Fsp3) is 0.333. The summed E-state index contributed by atoms with van der Waals surface area (Å²) in [7, 11) is 1.03. The molecule has 0 aliphatic heterocycles. The Morgan fingerprint density at radius 2 is 2.21 bits per heavy atom. The van der Waals surface area contributed by atoms with E-state index in [-0.39, 0.29) is 0 Å². The maximum Gasteiger partial charge on any atom is 0.506 e. The largest absolute Gasteiger partial charge is 0.506 e. The summed E-state index contributed by atoms with van der Waals surface area (Å²) < 4.78 is 40.1. The molecular formula is C6H6F3N3O2. The summed E-state index contributed by atoms with van der Waals surface area (Å²) in [6.07, 6.45) is -4.74. The summed E-state index contributed by atoms with van der Waals surface area (Å²) in [5, 5.41) is 2.94. The zero-order valence-corrected chi connectivity index (χ0v) is 7.00. The lowest BCUT2D eigenvalue weighted by Crippen LogP contribution is -2.20. The second-order valence-electron chi connectivity index (χ2n) is 2.33. The summed E-state index contributed by atoms with van der Waals surface area (Å²) in [5.41, 5.74) is 4.51. The summed E-state index contributed by atoms with van der Waals surface area (Å²) >= 11 is 0. The molecular weight excluding hydrogens is 203 g/mol. The Hall–Kier alpha value is -1.73. The molecule has 0 amide bonds. The van der Waals surface area contributed by atoms with Crippen molar-refractivity contribution in [1.82, 2.24) is 9.78 Å². The van der Waals surface area contributed by atoms with Crippen molar-refractivity contribution in [2.75, 3.05) is 12.8 Å². The molecule has 0 aliphatic rings. The van der Waals surface area contributed by atoms with Gasteiger partial charge in [0.1, 0.15) is 5.82 Å². The van der Waals surface area contributed by atoms with Crippen LogP contribution in [0.3, 0.4) is 0 Å². The minimum atomic E-state index is -4.74. The van der Waals surface area contributed by atoms with Crippen LogP contribution in [-0.4, -0.2) is 22.9 Å². The lowest BCUT2D eigenvalue weighted by atomic mass is 10.4. The molecule has 2 N–H and O–H groups in total. The Morgan fingerprint density at radius 3 is 2.57 bits per heavy atom.